The standard InChI is InChI=1S/C14H13N3OS2/c15-7-9-8-3-1-4-10(8)20-14(9)17-13(18)12(16)11-5-2-6-19-11/h2,5-6,12H,1,3-4,16H2,(H,17,18). The summed E-state index contributed by atoms with van der Waals surface area (Å²) in [5.41, 5.74) is 7.66. The molecule has 0 aromatic carbocycles. The number of amides is 1. The third-order valence-electron chi connectivity index (χ3n) is 3.40. The Morgan fingerprint density at radius 3 is 3.05 bits per heavy atom. The molecule has 102 valence electrons. The first-order chi connectivity index (χ1) is 9.70. The minimum absolute atomic E-state index is 0.260. The van der Waals surface area contributed by atoms with E-state index >= 15 is 0 Å². The van der Waals surface area contributed by atoms with Crippen LogP contribution in [0.15, 0.2) is 17.5 Å². The molecule has 3 rings (SSSR count). The fourth-order valence-corrected chi connectivity index (χ4v) is 4.37. The fraction of sp³-hybridized carbons (Fsp3) is 0.286. The number of rotatable bonds is 3. The molecule has 20 heavy (non-hydrogen) atoms. The van der Waals surface area contributed by atoms with Crippen LogP contribution in [0, 0.1) is 11.3 Å². The molecule has 6 heteroatoms. The molecule has 0 bridgehead atoms. The van der Waals surface area contributed by atoms with Gasteiger partial charge in [-0.05, 0) is 36.3 Å². The Bertz CT molecular complexity index is 682. The third-order valence-corrected chi connectivity index (χ3v) is 5.56. The van der Waals surface area contributed by atoms with Gasteiger partial charge in [-0.25, -0.2) is 0 Å². The van der Waals surface area contributed by atoms with Crippen molar-refractivity contribution < 1.29 is 4.79 Å². The summed E-state index contributed by atoms with van der Waals surface area (Å²) < 4.78 is 0. The van der Waals surface area contributed by atoms with E-state index in [1.165, 1.54) is 27.6 Å². The molecule has 0 saturated carbocycles. The van der Waals surface area contributed by atoms with Crippen LogP contribution in [0.3, 0.4) is 0 Å². The van der Waals surface area contributed by atoms with Crippen LogP contribution < -0.4 is 11.1 Å². The van der Waals surface area contributed by atoms with Crippen LogP contribution in [0.25, 0.3) is 0 Å². The van der Waals surface area contributed by atoms with Crippen molar-refractivity contribution in [3.05, 3.63) is 38.4 Å². The van der Waals surface area contributed by atoms with E-state index in [4.69, 9.17) is 5.73 Å². The zero-order valence-electron chi connectivity index (χ0n) is 10.7. The van der Waals surface area contributed by atoms with Crippen LogP contribution >= 0.6 is 22.7 Å². The van der Waals surface area contributed by atoms with E-state index in [-0.39, 0.29) is 5.91 Å². The quantitative estimate of drug-likeness (QED) is 0.915. The van der Waals surface area contributed by atoms with E-state index in [0.717, 1.165) is 29.7 Å². The first-order valence-corrected chi connectivity index (χ1v) is 8.05. The second kappa shape index (κ2) is 5.37. The maximum absolute atomic E-state index is 12.2. The number of thiophene rings is 2. The van der Waals surface area contributed by atoms with Gasteiger partial charge in [0.2, 0.25) is 5.91 Å². The summed E-state index contributed by atoms with van der Waals surface area (Å²) in [6.07, 6.45) is 3.03. The van der Waals surface area contributed by atoms with E-state index in [1.807, 2.05) is 17.5 Å². The lowest BCUT2D eigenvalue weighted by Gasteiger charge is -2.09. The minimum atomic E-state index is -0.682. The summed E-state index contributed by atoms with van der Waals surface area (Å²) in [6, 6.07) is 5.24. The molecule has 2 aromatic rings. The number of carbonyl (C=O) groups excluding carboxylic acids is 1. The predicted molar refractivity (Wildman–Crippen MR) is 80.9 cm³/mol. The van der Waals surface area contributed by atoms with Crippen molar-refractivity contribution in [2.24, 2.45) is 5.73 Å². The van der Waals surface area contributed by atoms with Gasteiger partial charge in [-0.1, -0.05) is 6.07 Å². The highest BCUT2D eigenvalue weighted by molar-refractivity contribution is 7.16. The highest BCUT2D eigenvalue weighted by Crippen LogP contribution is 2.38. The maximum Gasteiger partial charge on any atom is 0.247 e. The molecule has 2 aromatic heterocycles. The van der Waals surface area contributed by atoms with Gasteiger partial charge in [0.15, 0.2) is 0 Å². The van der Waals surface area contributed by atoms with Gasteiger partial charge in [0.25, 0.3) is 0 Å². The van der Waals surface area contributed by atoms with Crippen molar-refractivity contribution in [1.29, 1.82) is 5.26 Å². The van der Waals surface area contributed by atoms with Crippen LogP contribution in [0.1, 0.15) is 33.3 Å². The second-order valence-electron chi connectivity index (χ2n) is 4.66. The summed E-state index contributed by atoms with van der Waals surface area (Å²) in [7, 11) is 0. The van der Waals surface area contributed by atoms with E-state index in [2.05, 4.69) is 11.4 Å². The van der Waals surface area contributed by atoms with Crippen molar-refractivity contribution in [2.45, 2.75) is 25.3 Å². The summed E-state index contributed by atoms with van der Waals surface area (Å²) >= 11 is 2.97. The van der Waals surface area contributed by atoms with Gasteiger partial charge >= 0.3 is 0 Å². The molecule has 1 amide bonds. The number of hydrogen-bond donors (Lipinski definition) is 2. The third kappa shape index (κ3) is 2.24. The second-order valence-corrected chi connectivity index (χ2v) is 6.74. The molecule has 1 atom stereocenters. The number of nitrogens with two attached hydrogens (primary N) is 1. The largest absolute Gasteiger partial charge is 0.316 e. The SMILES string of the molecule is N#Cc1c(NC(=O)C(N)c2cccs2)sc2c1CCC2. The topological polar surface area (TPSA) is 78.9 Å². The molecule has 1 aliphatic carbocycles. The molecule has 0 spiro atoms. The number of hydrogen-bond acceptors (Lipinski definition) is 5. The Balaban J connectivity index is 1.82. The van der Waals surface area contributed by atoms with Gasteiger partial charge in [0, 0.05) is 9.75 Å². The van der Waals surface area contributed by atoms with Crippen LogP contribution in [0.4, 0.5) is 5.00 Å². The van der Waals surface area contributed by atoms with Crippen LogP contribution in [0.5, 0.6) is 0 Å². The number of carbonyl (C=O) groups is 1. The Morgan fingerprint density at radius 2 is 2.35 bits per heavy atom. The Kier molecular flexibility index (Phi) is 3.57. The van der Waals surface area contributed by atoms with Gasteiger partial charge < -0.3 is 11.1 Å². The normalized spacial score (nSPS) is 14.6. The smallest absolute Gasteiger partial charge is 0.247 e. The van der Waals surface area contributed by atoms with Crippen molar-refractivity contribution in [3.8, 4) is 6.07 Å². The molecule has 3 N–H and O–H groups in total. The van der Waals surface area contributed by atoms with E-state index in [1.54, 1.807) is 0 Å². The van der Waals surface area contributed by atoms with E-state index in [9.17, 15) is 10.1 Å². The van der Waals surface area contributed by atoms with Gasteiger partial charge in [-0.2, -0.15) is 5.26 Å². The summed E-state index contributed by atoms with van der Waals surface area (Å²) in [5.74, 6) is -0.260. The number of nitrogens with zero attached hydrogens (tertiary/aromatic N) is 1. The average molecular weight is 303 g/mol. The maximum atomic E-state index is 12.2. The molecule has 1 unspecified atom stereocenters. The number of anilines is 1. The van der Waals surface area contributed by atoms with Crippen molar-refractivity contribution in [3.63, 3.8) is 0 Å². The summed E-state index contributed by atoms with van der Waals surface area (Å²) in [4.78, 5) is 14.2. The van der Waals surface area contributed by atoms with E-state index in [0.29, 0.717) is 10.6 Å². The van der Waals surface area contributed by atoms with Gasteiger partial charge in [-0.15, -0.1) is 22.7 Å². The van der Waals surface area contributed by atoms with Gasteiger partial charge in [-0.3, -0.25) is 4.79 Å². The fourth-order valence-electron chi connectivity index (χ4n) is 2.40. The average Bonchev–Trinajstić information content (AvgIpc) is 3.14. The molecule has 1 aliphatic rings. The molecule has 2 heterocycles. The number of nitriles is 1. The molecule has 0 aliphatic heterocycles. The molecule has 0 saturated heterocycles. The highest BCUT2D eigenvalue weighted by Gasteiger charge is 2.25. The number of aryl methyl sites for hydroxylation is 1. The predicted octanol–water partition coefficient (Wildman–Crippen LogP) is 2.81. The Morgan fingerprint density at radius 1 is 1.50 bits per heavy atom. The zero-order valence-corrected chi connectivity index (χ0v) is 12.3. The molecular formula is C14H13N3OS2. The molecular weight excluding hydrogens is 290 g/mol. The lowest BCUT2D eigenvalue weighted by atomic mass is 10.1. The van der Waals surface area contributed by atoms with Crippen LogP contribution in [-0.4, -0.2) is 5.91 Å². The first kappa shape index (κ1) is 13.3. The summed E-state index contributed by atoms with van der Waals surface area (Å²) in [6.45, 7) is 0. The first-order valence-electron chi connectivity index (χ1n) is 6.35. The van der Waals surface area contributed by atoms with Crippen LogP contribution in [0.2, 0.25) is 0 Å². The lowest BCUT2D eigenvalue weighted by molar-refractivity contribution is -0.117. The van der Waals surface area contributed by atoms with Gasteiger partial charge in [0.05, 0.1) is 5.56 Å². The van der Waals surface area contributed by atoms with Crippen LogP contribution in [-0.2, 0) is 17.6 Å². The summed E-state index contributed by atoms with van der Waals surface area (Å²) in [5, 5.41) is 14.6. The van der Waals surface area contributed by atoms with Crippen molar-refractivity contribution in [1.82, 2.24) is 0 Å². The highest BCUT2D eigenvalue weighted by atomic mass is 32.1. The number of nitrogens with one attached hydrogen (secondary N) is 1. The Labute approximate surface area is 124 Å². The molecule has 4 nitrogen and oxygen atoms in total. The van der Waals surface area contributed by atoms with Gasteiger partial charge in [0.1, 0.15) is 17.1 Å². The van der Waals surface area contributed by atoms with Crippen molar-refractivity contribution in [2.75, 3.05) is 5.32 Å². The lowest BCUT2D eigenvalue weighted by Crippen LogP contribution is -2.26. The number of fused-ring (bicyclic) bond motifs is 1. The van der Waals surface area contributed by atoms with E-state index < -0.39 is 6.04 Å². The van der Waals surface area contributed by atoms with Crippen molar-refractivity contribution >= 4 is 33.6 Å². The monoisotopic (exact) mass is 303 g/mol. The molecule has 0 fully saturated rings. The molecule has 0 radical (unpaired) electrons. The zero-order chi connectivity index (χ0) is 14.1. The minimum Gasteiger partial charge on any atom is -0.316 e. The Hall–Kier alpha value is -1.68.